The Morgan fingerprint density at radius 1 is 0.889 bits per heavy atom. The molecule has 1 amide bonds. The first kappa shape index (κ1) is 25.2. The fourth-order valence-electron chi connectivity index (χ4n) is 4.51. The summed E-state index contributed by atoms with van der Waals surface area (Å²) in [4.78, 5) is 26.4. The third-order valence-electron chi connectivity index (χ3n) is 6.65. The summed E-state index contributed by atoms with van der Waals surface area (Å²) in [6.07, 6.45) is 2.86. The molecule has 0 saturated carbocycles. The number of anilines is 1. The molecule has 0 aliphatic heterocycles. The van der Waals surface area contributed by atoms with Gasteiger partial charge < -0.3 is 5.32 Å². The summed E-state index contributed by atoms with van der Waals surface area (Å²) in [5, 5.41) is 6.40. The highest BCUT2D eigenvalue weighted by molar-refractivity contribution is 5.95. The zero-order chi connectivity index (χ0) is 25.5. The second kappa shape index (κ2) is 11.7. The number of hydrogen-bond acceptors (Lipinski definition) is 3. The lowest BCUT2D eigenvalue weighted by atomic mass is 9.98. The van der Waals surface area contributed by atoms with Gasteiger partial charge in [-0.1, -0.05) is 78.9 Å². The maximum atomic E-state index is 13.2. The smallest absolute Gasteiger partial charge is 0.295 e. The van der Waals surface area contributed by atoms with Gasteiger partial charge >= 0.3 is 0 Å². The Bertz CT molecular complexity index is 1330. The van der Waals surface area contributed by atoms with E-state index >= 15 is 0 Å². The van der Waals surface area contributed by atoms with Crippen LogP contribution in [0.15, 0.2) is 95.8 Å². The topological polar surface area (TPSA) is 68.1 Å². The van der Waals surface area contributed by atoms with Crippen LogP contribution in [-0.2, 0) is 18.3 Å². The lowest BCUT2D eigenvalue weighted by Gasteiger charge is -2.23. The van der Waals surface area contributed by atoms with Gasteiger partial charge in [-0.25, -0.2) is 4.68 Å². The fourth-order valence-corrected chi connectivity index (χ4v) is 4.51. The largest absolute Gasteiger partial charge is 0.319 e. The Kier molecular flexibility index (Phi) is 8.18. The standard InChI is InChI=1S/C30H34N4O2/c1-22(29(35)32-28-23(2)33(3)34(30(28)36)26-19-11-6-12-20-26)31-27(25-17-9-5-10-18-25)21-13-16-24-14-7-4-8-15-24/h4-12,14-15,17-20,22,27,31H,13,16,21H2,1-3H3,(H,32,35). The van der Waals surface area contributed by atoms with Gasteiger partial charge in [0, 0.05) is 13.1 Å². The average molecular weight is 483 g/mol. The van der Waals surface area contributed by atoms with E-state index in [9.17, 15) is 9.59 Å². The molecule has 2 atom stereocenters. The molecule has 1 heterocycles. The van der Waals surface area contributed by atoms with Gasteiger partial charge in [-0.3, -0.25) is 19.6 Å². The summed E-state index contributed by atoms with van der Waals surface area (Å²) < 4.78 is 3.33. The van der Waals surface area contributed by atoms with Crippen LogP contribution in [-0.4, -0.2) is 21.3 Å². The Morgan fingerprint density at radius 2 is 1.47 bits per heavy atom. The number of aromatic nitrogens is 2. The minimum absolute atomic E-state index is 0.0218. The van der Waals surface area contributed by atoms with Crippen LogP contribution in [0.5, 0.6) is 0 Å². The molecule has 1 aromatic heterocycles. The van der Waals surface area contributed by atoms with Crippen molar-refractivity contribution in [2.24, 2.45) is 7.05 Å². The predicted octanol–water partition coefficient (Wildman–Crippen LogP) is 5.17. The number of aryl methyl sites for hydroxylation is 1. The van der Waals surface area contributed by atoms with E-state index in [1.54, 1.807) is 9.36 Å². The number of amides is 1. The van der Waals surface area contributed by atoms with Crippen LogP contribution >= 0.6 is 0 Å². The second-order valence-electron chi connectivity index (χ2n) is 9.16. The van der Waals surface area contributed by atoms with E-state index in [0.29, 0.717) is 11.4 Å². The number of benzene rings is 3. The molecule has 0 bridgehead atoms. The lowest BCUT2D eigenvalue weighted by Crippen LogP contribution is -2.41. The number of hydrogen-bond donors (Lipinski definition) is 2. The van der Waals surface area contributed by atoms with Gasteiger partial charge in [0.2, 0.25) is 5.91 Å². The first-order chi connectivity index (χ1) is 17.5. The van der Waals surface area contributed by atoms with Gasteiger partial charge in [-0.15, -0.1) is 0 Å². The van der Waals surface area contributed by atoms with Crippen molar-refractivity contribution in [2.45, 2.75) is 45.2 Å². The molecule has 6 nitrogen and oxygen atoms in total. The van der Waals surface area contributed by atoms with Crippen molar-refractivity contribution in [3.63, 3.8) is 0 Å². The summed E-state index contributed by atoms with van der Waals surface area (Å²) in [5.41, 5.74) is 3.97. The van der Waals surface area contributed by atoms with Gasteiger partial charge in [0.1, 0.15) is 5.69 Å². The molecule has 2 unspecified atom stereocenters. The Morgan fingerprint density at radius 3 is 2.11 bits per heavy atom. The van der Waals surface area contributed by atoms with Crippen molar-refractivity contribution in [2.75, 3.05) is 5.32 Å². The number of nitrogens with one attached hydrogen (secondary N) is 2. The van der Waals surface area contributed by atoms with Crippen molar-refractivity contribution in [3.8, 4) is 5.69 Å². The van der Waals surface area contributed by atoms with Gasteiger partial charge in [-0.05, 0) is 56.4 Å². The van der Waals surface area contributed by atoms with E-state index in [0.717, 1.165) is 30.5 Å². The Balaban J connectivity index is 1.47. The molecule has 6 heteroatoms. The van der Waals surface area contributed by atoms with E-state index in [4.69, 9.17) is 0 Å². The van der Waals surface area contributed by atoms with E-state index in [2.05, 4.69) is 47.0 Å². The van der Waals surface area contributed by atoms with E-state index in [-0.39, 0.29) is 17.5 Å². The van der Waals surface area contributed by atoms with Gasteiger partial charge in [-0.2, -0.15) is 0 Å². The quantitative estimate of drug-likeness (QED) is 0.328. The molecule has 0 spiro atoms. The summed E-state index contributed by atoms with van der Waals surface area (Å²) >= 11 is 0. The maximum Gasteiger partial charge on any atom is 0.295 e. The van der Waals surface area contributed by atoms with E-state index in [1.807, 2.05) is 75.5 Å². The van der Waals surface area contributed by atoms with Gasteiger partial charge in [0.05, 0.1) is 17.4 Å². The number of rotatable bonds is 10. The first-order valence-corrected chi connectivity index (χ1v) is 12.5. The average Bonchev–Trinajstić information content (AvgIpc) is 3.12. The first-order valence-electron chi connectivity index (χ1n) is 12.5. The van der Waals surface area contributed by atoms with Crippen LogP contribution in [0.1, 0.15) is 42.6 Å². The third-order valence-corrected chi connectivity index (χ3v) is 6.65. The monoisotopic (exact) mass is 482 g/mol. The number of para-hydroxylation sites is 1. The molecule has 2 N–H and O–H groups in total. The number of carbonyl (C=O) groups excluding carboxylic acids is 1. The van der Waals surface area contributed by atoms with Gasteiger partial charge in [0.15, 0.2) is 0 Å². The number of carbonyl (C=O) groups is 1. The second-order valence-corrected chi connectivity index (χ2v) is 9.16. The molecule has 36 heavy (non-hydrogen) atoms. The van der Waals surface area contributed by atoms with Crippen LogP contribution in [0.25, 0.3) is 5.69 Å². The van der Waals surface area contributed by atoms with E-state index < -0.39 is 6.04 Å². The van der Waals surface area contributed by atoms with Crippen molar-refractivity contribution >= 4 is 11.6 Å². The highest BCUT2D eigenvalue weighted by Gasteiger charge is 2.23. The zero-order valence-electron chi connectivity index (χ0n) is 21.1. The minimum atomic E-state index is -0.490. The van der Waals surface area contributed by atoms with Crippen LogP contribution in [0, 0.1) is 6.92 Å². The van der Waals surface area contributed by atoms with Crippen LogP contribution in [0.2, 0.25) is 0 Å². The molecule has 4 aromatic rings. The van der Waals surface area contributed by atoms with Crippen molar-refractivity contribution in [1.82, 2.24) is 14.7 Å². The molecule has 0 saturated heterocycles. The molecule has 186 valence electrons. The Labute approximate surface area is 212 Å². The van der Waals surface area contributed by atoms with Crippen molar-refractivity contribution in [1.29, 1.82) is 0 Å². The third kappa shape index (κ3) is 5.83. The molecule has 0 aliphatic rings. The zero-order valence-corrected chi connectivity index (χ0v) is 21.1. The van der Waals surface area contributed by atoms with Crippen LogP contribution in [0.4, 0.5) is 5.69 Å². The molecule has 0 fully saturated rings. The maximum absolute atomic E-state index is 13.2. The molecule has 0 aliphatic carbocycles. The lowest BCUT2D eigenvalue weighted by molar-refractivity contribution is -0.118. The SMILES string of the molecule is Cc1c(NC(=O)C(C)NC(CCCc2ccccc2)c2ccccc2)c(=O)n(-c2ccccc2)n1C. The summed E-state index contributed by atoms with van der Waals surface area (Å²) in [6, 6.07) is 29.6. The molecule has 3 aromatic carbocycles. The highest BCUT2D eigenvalue weighted by Crippen LogP contribution is 2.21. The molecule has 0 radical (unpaired) electrons. The Hall–Kier alpha value is -3.90. The van der Waals surface area contributed by atoms with Crippen molar-refractivity contribution < 1.29 is 4.79 Å². The predicted molar refractivity (Wildman–Crippen MR) is 146 cm³/mol. The summed E-state index contributed by atoms with van der Waals surface area (Å²) in [6.45, 7) is 3.68. The highest BCUT2D eigenvalue weighted by atomic mass is 16.2. The summed E-state index contributed by atoms with van der Waals surface area (Å²) in [7, 11) is 1.82. The summed E-state index contributed by atoms with van der Waals surface area (Å²) in [5.74, 6) is -0.231. The normalized spacial score (nSPS) is 12.8. The van der Waals surface area contributed by atoms with Gasteiger partial charge in [0.25, 0.3) is 5.56 Å². The van der Waals surface area contributed by atoms with Crippen molar-refractivity contribution in [3.05, 3.63) is 118 Å². The molecular formula is C30H34N4O2. The number of nitrogens with zero attached hydrogens (tertiary/aromatic N) is 2. The van der Waals surface area contributed by atoms with E-state index in [1.165, 1.54) is 5.56 Å². The molecule has 4 rings (SSSR count). The fraction of sp³-hybridized carbons (Fsp3) is 0.267. The van der Waals surface area contributed by atoms with Crippen LogP contribution in [0.3, 0.4) is 0 Å². The minimum Gasteiger partial charge on any atom is -0.319 e. The van der Waals surface area contributed by atoms with Crippen LogP contribution < -0.4 is 16.2 Å². The molecular weight excluding hydrogens is 448 g/mol.